The Bertz CT molecular complexity index is 398. The molecule has 1 atom stereocenters. The minimum absolute atomic E-state index is 0.0963. The third-order valence-corrected chi connectivity index (χ3v) is 3.50. The predicted molar refractivity (Wildman–Crippen MR) is 82.9 cm³/mol. The molecule has 0 fully saturated rings. The lowest BCUT2D eigenvalue weighted by Crippen LogP contribution is -2.36. The van der Waals surface area contributed by atoms with Gasteiger partial charge in [0.05, 0.1) is 0 Å². The number of carbonyl (C=O) groups excluding carboxylic acids is 1. The molecule has 1 aromatic rings. The highest BCUT2D eigenvalue weighted by atomic mass is 32.2. The number of anilines is 1. The van der Waals surface area contributed by atoms with E-state index in [0.29, 0.717) is 5.69 Å². The van der Waals surface area contributed by atoms with Crippen LogP contribution in [0.25, 0.3) is 0 Å². The Morgan fingerprint density at radius 2 is 2.26 bits per heavy atom. The zero-order valence-corrected chi connectivity index (χ0v) is 12.7. The topological polar surface area (TPSA) is 54.0 Å². The Morgan fingerprint density at radius 1 is 1.47 bits per heavy atom. The van der Waals surface area contributed by atoms with Crippen LogP contribution in [0, 0.1) is 0 Å². The Labute approximate surface area is 119 Å². The molecule has 19 heavy (non-hydrogen) atoms. The van der Waals surface area contributed by atoms with Crippen molar-refractivity contribution in [2.24, 2.45) is 0 Å². The summed E-state index contributed by atoms with van der Waals surface area (Å²) in [7, 11) is 0. The van der Waals surface area contributed by atoms with E-state index in [2.05, 4.69) is 29.5 Å². The van der Waals surface area contributed by atoms with Crippen molar-refractivity contribution < 1.29 is 4.79 Å². The smallest absolute Gasteiger partial charge is 0.270 e. The van der Waals surface area contributed by atoms with E-state index in [0.717, 1.165) is 30.8 Å². The van der Waals surface area contributed by atoms with Crippen molar-refractivity contribution in [3.05, 3.63) is 24.0 Å². The van der Waals surface area contributed by atoms with Crippen LogP contribution in [0.15, 0.2) is 18.3 Å². The Kier molecular flexibility index (Phi) is 7.33. The third kappa shape index (κ3) is 5.51. The molecule has 0 bridgehead atoms. The molecule has 5 heteroatoms. The van der Waals surface area contributed by atoms with Crippen LogP contribution in [0.3, 0.4) is 0 Å². The summed E-state index contributed by atoms with van der Waals surface area (Å²) in [5, 5.41) is 6.28. The average molecular weight is 281 g/mol. The van der Waals surface area contributed by atoms with Crippen molar-refractivity contribution in [3.63, 3.8) is 0 Å². The van der Waals surface area contributed by atoms with Gasteiger partial charge in [-0.05, 0) is 31.2 Å². The van der Waals surface area contributed by atoms with Gasteiger partial charge in [0.2, 0.25) is 0 Å². The number of nitrogens with zero attached hydrogens (tertiary/aromatic N) is 1. The molecular formula is C14H23N3OS. The van der Waals surface area contributed by atoms with Gasteiger partial charge in [-0.2, -0.15) is 11.8 Å². The molecule has 2 N–H and O–H groups in total. The summed E-state index contributed by atoms with van der Waals surface area (Å²) in [4.78, 5) is 16.2. The lowest BCUT2D eigenvalue weighted by Gasteiger charge is -2.15. The summed E-state index contributed by atoms with van der Waals surface area (Å²) < 4.78 is 0. The van der Waals surface area contributed by atoms with E-state index in [-0.39, 0.29) is 11.9 Å². The molecule has 0 spiro atoms. The highest BCUT2D eigenvalue weighted by Crippen LogP contribution is 2.09. The molecule has 0 aliphatic heterocycles. The first-order valence-electron chi connectivity index (χ1n) is 6.71. The van der Waals surface area contributed by atoms with Crippen LogP contribution in [-0.2, 0) is 0 Å². The molecule has 1 aromatic heterocycles. The van der Waals surface area contributed by atoms with Crippen molar-refractivity contribution in [2.45, 2.75) is 32.7 Å². The molecule has 4 nitrogen and oxygen atoms in total. The van der Waals surface area contributed by atoms with E-state index >= 15 is 0 Å². The molecule has 0 aromatic carbocycles. The van der Waals surface area contributed by atoms with Gasteiger partial charge in [0.1, 0.15) is 5.69 Å². The number of thioether (sulfide) groups is 1. The SMILES string of the molecule is CCCNc1ccnc(C(=O)NC(CC)CSC)c1. The number of carbonyl (C=O) groups is 1. The molecule has 0 radical (unpaired) electrons. The maximum Gasteiger partial charge on any atom is 0.270 e. The fraction of sp³-hybridized carbons (Fsp3) is 0.571. The van der Waals surface area contributed by atoms with Crippen LogP contribution in [0.5, 0.6) is 0 Å². The Morgan fingerprint density at radius 3 is 2.89 bits per heavy atom. The summed E-state index contributed by atoms with van der Waals surface area (Å²) in [5.41, 5.74) is 1.42. The standard InChI is InChI=1S/C14H23N3OS/c1-4-7-15-12-6-8-16-13(9-12)14(18)17-11(5-2)10-19-3/h6,8-9,11H,4-5,7,10H2,1-3H3,(H,15,16)(H,17,18). The van der Waals surface area contributed by atoms with E-state index < -0.39 is 0 Å². The third-order valence-electron chi connectivity index (χ3n) is 2.77. The second kappa shape index (κ2) is 8.80. The zero-order valence-electron chi connectivity index (χ0n) is 11.9. The van der Waals surface area contributed by atoms with Crippen LogP contribution in [0.4, 0.5) is 5.69 Å². The van der Waals surface area contributed by atoms with Crippen LogP contribution < -0.4 is 10.6 Å². The van der Waals surface area contributed by atoms with Crippen molar-refractivity contribution in [1.29, 1.82) is 0 Å². The maximum atomic E-state index is 12.1. The van der Waals surface area contributed by atoms with E-state index in [1.807, 2.05) is 12.3 Å². The highest BCUT2D eigenvalue weighted by Gasteiger charge is 2.13. The van der Waals surface area contributed by atoms with E-state index in [1.165, 1.54) is 0 Å². The molecule has 0 aliphatic rings. The molecular weight excluding hydrogens is 258 g/mol. The monoisotopic (exact) mass is 281 g/mol. The Hall–Kier alpha value is -1.23. The number of pyridine rings is 1. The zero-order chi connectivity index (χ0) is 14.1. The first kappa shape index (κ1) is 15.8. The number of hydrogen-bond donors (Lipinski definition) is 2. The van der Waals surface area contributed by atoms with Gasteiger partial charge in [0.15, 0.2) is 0 Å². The van der Waals surface area contributed by atoms with Gasteiger partial charge in [-0.1, -0.05) is 13.8 Å². The number of rotatable bonds is 8. The van der Waals surface area contributed by atoms with Gasteiger partial charge >= 0.3 is 0 Å². The van der Waals surface area contributed by atoms with Gasteiger partial charge in [-0.25, -0.2) is 0 Å². The number of nitrogens with one attached hydrogen (secondary N) is 2. The summed E-state index contributed by atoms with van der Waals surface area (Å²) in [6.07, 6.45) is 5.70. The fourth-order valence-corrected chi connectivity index (χ4v) is 2.38. The Balaban J connectivity index is 2.65. The first-order chi connectivity index (χ1) is 9.21. The van der Waals surface area contributed by atoms with Crippen LogP contribution >= 0.6 is 11.8 Å². The summed E-state index contributed by atoms with van der Waals surface area (Å²) in [5.74, 6) is 0.830. The van der Waals surface area contributed by atoms with Gasteiger partial charge in [-0.15, -0.1) is 0 Å². The quantitative estimate of drug-likeness (QED) is 0.769. The van der Waals surface area contributed by atoms with Crippen LogP contribution in [0.1, 0.15) is 37.2 Å². The summed E-state index contributed by atoms with van der Waals surface area (Å²) in [6, 6.07) is 3.89. The molecule has 0 saturated carbocycles. The lowest BCUT2D eigenvalue weighted by atomic mass is 10.2. The minimum atomic E-state index is -0.0963. The number of aromatic nitrogens is 1. The van der Waals surface area contributed by atoms with E-state index in [4.69, 9.17) is 0 Å². The molecule has 0 aliphatic carbocycles. The largest absolute Gasteiger partial charge is 0.385 e. The summed E-state index contributed by atoms with van der Waals surface area (Å²) in [6.45, 7) is 5.08. The van der Waals surface area contributed by atoms with Crippen molar-refractivity contribution >= 4 is 23.4 Å². The normalized spacial score (nSPS) is 11.9. The summed E-state index contributed by atoms with van der Waals surface area (Å²) >= 11 is 1.74. The maximum absolute atomic E-state index is 12.1. The fourth-order valence-electron chi connectivity index (χ4n) is 1.66. The average Bonchev–Trinajstić information content (AvgIpc) is 2.44. The molecule has 0 saturated heterocycles. The number of amides is 1. The molecule has 1 rings (SSSR count). The second-order valence-corrected chi connectivity index (χ2v) is 5.30. The molecule has 1 unspecified atom stereocenters. The van der Waals surface area contributed by atoms with Crippen LogP contribution in [-0.4, -0.2) is 35.5 Å². The molecule has 1 amide bonds. The van der Waals surface area contributed by atoms with Crippen molar-refractivity contribution in [3.8, 4) is 0 Å². The molecule has 1 heterocycles. The van der Waals surface area contributed by atoms with E-state index in [1.54, 1.807) is 24.0 Å². The number of hydrogen-bond acceptors (Lipinski definition) is 4. The predicted octanol–water partition coefficient (Wildman–Crippen LogP) is 2.77. The highest BCUT2D eigenvalue weighted by molar-refractivity contribution is 7.98. The second-order valence-electron chi connectivity index (χ2n) is 4.39. The minimum Gasteiger partial charge on any atom is -0.385 e. The van der Waals surface area contributed by atoms with Gasteiger partial charge < -0.3 is 10.6 Å². The molecule has 106 valence electrons. The van der Waals surface area contributed by atoms with Gasteiger partial charge in [0, 0.05) is 30.2 Å². The van der Waals surface area contributed by atoms with Crippen molar-refractivity contribution in [2.75, 3.05) is 23.9 Å². The lowest BCUT2D eigenvalue weighted by molar-refractivity contribution is 0.0935. The van der Waals surface area contributed by atoms with Gasteiger partial charge in [-0.3, -0.25) is 9.78 Å². The van der Waals surface area contributed by atoms with Crippen molar-refractivity contribution in [1.82, 2.24) is 10.3 Å². The van der Waals surface area contributed by atoms with E-state index in [9.17, 15) is 4.79 Å². The first-order valence-corrected chi connectivity index (χ1v) is 8.10. The van der Waals surface area contributed by atoms with Crippen LogP contribution in [0.2, 0.25) is 0 Å². The van der Waals surface area contributed by atoms with Gasteiger partial charge in [0.25, 0.3) is 5.91 Å².